The van der Waals surface area contributed by atoms with Crippen LogP contribution in [0.1, 0.15) is 25.5 Å². The van der Waals surface area contributed by atoms with E-state index in [2.05, 4.69) is 29.2 Å². The lowest BCUT2D eigenvalue weighted by Crippen LogP contribution is -2.31. The van der Waals surface area contributed by atoms with Crippen molar-refractivity contribution in [2.45, 2.75) is 32.4 Å². The Balaban J connectivity index is 1.51. The zero-order chi connectivity index (χ0) is 16.7. The van der Waals surface area contributed by atoms with Crippen LogP contribution in [0, 0.1) is 0 Å². The number of pyridine rings is 1. The summed E-state index contributed by atoms with van der Waals surface area (Å²) in [7, 11) is 0. The van der Waals surface area contributed by atoms with Crippen LogP contribution in [-0.2, 0) is 11.2 Å². The second kappa shape index (κ2) is 5.63. The fraction of sp³-hybridized carbons (Fsp3) is 0.278. The topological polar surface area (TPSA) is 69.0 Å². The summed E-state index contributed by atoms with van der Waals surface area (Å²) >= 11 is 0. The van der Waals surface area contributed by atoms with Gasteiger partial charge in [-0.1, -0.05) is 18.2 Å². The standard InChI is InChI=1S/C18H18N4O2/c1-11(2)22-17-13(9-20-22)7-14(10-19-17)21-18(23)16-8-12-5-3-4-6-15(12)24-16/h3-7,9-11,16H,8H2,1-2H3,(H,21,23)/t16-/m0/s1. The van der Waals surface area contributed by atoms with Gasteiger partial charge in [0.25, 0.3) is 5.91 Å². The van der Waals surface area contributed by atoms with Gasteiger partial charge in [-0.25, -0.2) is 9.67 Å². The van der Waals surface area contributed by atoms with Gasteiger partial charge in [0, 0.05) is 17.8 Å². The number of para-hydroxylation sites is 1. The van der Waals surface area contributed by atoms with E-state index in [1.54, 1.807) is 12.4 Å². The van der Waals surface area contributed by atoms with E-state index < -0.39 is 6.10 Å². The normalized spacial score (nSPS) is 16.2. The van der Waals surface area contributed by atoms with Gasteiger partial charge >= 0.3 is 0 Å². The number of nitrogens with zero attached hydrogens (tertiary/aromatic N) is 3. The number of anilines is 1. The van der Waals surface area contributed by atoms with Gasteiger partial charge in [0.15, 0.2) is 11.8 Å². The van der Waals surface area contributed by atoms with E-state index in [4.69, 9.17) is 4.74 Å². The van der Waals surface area contributed by atoms with Gasteiger partial charge in [-0.15, -0.1) is 0 Å². The second-order valence-corrected chi connectivity index (χ2v) is 6.23. The zero-order valence-corrected chi connectivity index (χ0v) is 13.6. The first-order valence-corrected chi connectivity index (χ1v) is 8.00. The summed E-state index contributed by atoms with van der Waals surface area (Å²) in [5.41, 5.74) is 2.52. The average molecular weight is 322 g/mol. The second-order valence-electron chi connectivity index (χ2n) is 6.23. The number of amides is 1. The van der Waals surface area contributed by atoms with Gasteiger partial charge in [-0.2, -0.15) is 5.10 Å². The Kier molecular flexibility index (Phi) is 3.45. The van der Waals surface area contributed by atoms with E-state index >= 15 is 0 Å². The molecule has 6 nitrogen and oxygen atoms in total. The summed E-state index contributed by atoms with van der Waals surface area (Å²) in [6.07, 6.45) is 3.50. The zero-order valence-electron chi connectivity index (χ0n) is 13.6. The van der Waals surface area contributed by atoms with Gasteiger partial charge in [-0.3, -0.25) is 4.79 Å². The van der Waals surface area contributed by atoms with Crippen LogP contribution in [-0.4, -0.2) is 26.8 Å². The highest BCUT2D eigenvalue weighted by molar-refractivity contribution is 5.96. The number of hydrogen-bond donors (Lipinski definition) is 1. The maximum atomic E-state index is 12.4. The first-order chi connectivity index (χ1) is 11.6. The van der Waals surface area contributed by atoms with Crippen LogP contribution in [0.25, 0.3) is 11.0 Å². The predicted molar refractivity (Wildman–Crippen MR) is 91.1 cm³/mol. The van der Waals surface area contributed by atoms with Crippen molar-refractivity contribution in [2.24, 2.45) is 0 Å². The molecule has 0 fully saturated rings. The van der Waals surface area contributed by atoms with Crippen molar-refractivity contribution < 1.29 is 9.53 Å². The smallest absolute Gasteiger partial charge is 0.265 e. The first-order valence-electron chi connectivity index (χ1n) is 8.00. The number of rotatable bonds is 3. The van der Waals surface area contributed by atoms with Crippen molar-refractivity contribution in [3.63, 3.8) is 0 Å². The van der Waals surface area contributed by atoms with E-state index in [0.717, 1.165) is 22.3 Å². The summed E-state index contributed by atoms with van der Waals surface area (Å²) in [6, 6.07) is 9.85. The lowest BCUT2D eigenvalue weighted by Gasteiger charge is -2.11. The summed E-state index contributed by atoms with van der Waals surface area (Å²) in [4.78, 5) is 16.9. The minimum atomic E-state index is -0.503. The molecule has 0 aliphatic carbocycles. The minimum Gasteiger partial charge on any atom is -0.480 e. The summed E-state index contributed by atoms with van der Waals surface area (Å²) < 4.78 is 7.57. The van der Waals surface area contributed by atoms with Gasteiger partial charge in [-0.05, 0) is 31.5 Å². The van der Waals surface area contributed by atoms with E-state index in [1.165, 1.54) is 0 Å². The van der Waals surface area contributed by atoms with E-state index in [1.807, 2.05) is 35.0 Å². The summed E-state index contributed by atoms with van der Waals surface area (Å²) in [5, 5.41) is 8.12. The molecule has 1 amide bonds. The number of nitrogens with one attached hydrogen (secondary N) is 1. The van der Waals surface area contributed by atoms with Crippen molar-refractivity contribution >= 4 is 22.6 Å². The highest BCUT2D eigenvalue weighted by Gasteiger charge is 2.28. The highest BCUT2D eigenvalue weighted by atomic mass is 16.5. The third-order valence-electron chi connectivity index (χ3n) is 4.13. The third-order valence-corrected chi connectivity index (χ3v) is 4.13. The SMILES string of the molecule is CC(C)n1ncc2cc(NC(=O)[C@@H]3Cc4ccccc4O3)cnc21. The molecule has 0 spiro atoms. The molecule has 0 radical (unpaired) electrons. The van der Waals surface area contributed by atoms with E-state index in [9.17, 15) is 4.79 Å². The van der Waals surface area contributed by atoms with Crippen molar-refractivity contribution in [3.05, 3.63) is 48.3 Å². The van der Waals surface area contributed by atoms with Crippen LogP contribution in [0.2, 0.25) is 0 Å². The maximum absolute atomic E-state index is 12.4. The number of carbonyl (C=O) groups is 1. The Labute approximate surface area is 139 Å². The fourth-order valence-corrected chi connectivity index (χ4v) is 2.94. The Hall–Kier alpha value is -2.89. The van der Waals surface area contributed by atoms with Crippen molar-refractivity contribution in [3.8, 4) is 5.75 Å². The Morgan fingerprint density at radius 1 is 1.33 bits per heavy atom. The molecule has 1 aliphatic heterocycles. The number of aromatic nitrogens is 3. The van der Waals surface area contributed by atoms with Crippen LogP contribution in [0.15, 0.2) is 42.7 Å². The number of fused-ring (bicyclic) bond motifs is 2. The van der Waals surface area contributed by atoms with Crippen LogP contribution in [0.5, 0.6) is 5.75 Å². The molecule has 6 heteroatoms. The molecule has 0 unspecified atom stereocenters. The molecule has 1 atom stereocenters. The van der Waals surface area contributed by atoms with Gasteiger partial charge in [0.2, 0.25) is 0 Å². The largest absolute Gasteiger partial charge is 0.480 e. The van der Waals surface area contributed by atoms with Crippen LogP contribution >= 0.6 is 0 Å². The molecular formula is C18H18N4O2. The number of hydrogen-bond acceptors (Lipinski definition) is 4. The first kappa shape index (κ1) is 14.7. The third kappa shape index (κ3) is 2.50. The lowest BCUT2D eigenvalue weighted by atomic mass is 10.1. The molecule has 0 saturated heterocycles. The summed E-state index contributed by atoms with van der Waals surface area (Å²) in [5.74, 6) is 0.619. The van der Waals surface area contributed by atoms with Crippen molar-refractivity contribution in [2.75, 3.05) is 5.32 Å². The van der Waals surface area contributed by atoms with E-state index in [0.29, 0.717) is 12.1 Å². The molecular weight excluding hydrogens is 304 g/mol. The minimum absolute atomic E-state index is 0.163. The molecule has 1 N–H and O–H groups in total. The lowest BCUT2D eigenvalue weighted by molar-refractivity contribution is -0.122. The monoisotopic (exact) mass is 322 g/mol. The number of benzene rings is 1. The predicted octanol–water partition coefficient (Wildman–Crippen LogP) is 2.95. The molecule has 3 heterocycles. The van der Waals surface area contributed by atoms with Crippen molar-refractivity contribution in [1.82, 2.24) is 14.8 Å². The van der Waals surface area contributed by atoms with Crippen LogP contribution < -0.4 is 10.1 Å². The summed E-state index contributed by atoms with van der Waals surface area (Å²) in [6.45, 7) is 4.11. The molecule has 3 aromatic rings. The Bertz CT molecular complexity index is 891. The van der Waals surface area contributed by atoms with E-state index in [-0.39, 0.29) is 11.9 Å². The Morgan fingerprint density at radius 2 is 2.17 bits per heavy atom. The number of ether oxygens (including phenoxy) is 1. The number of carbonyl (C=O) groups excluding carboxylic acids is 1. The van der Waals surface area contributed by atoms with Crippen LogP contribution in [0.4, 0.5) is 5.69 Å². The van der Waals surface area contributed by atoms with Crippen LogP contribution in [0.3, 0.4) is 0 Å². The molecule has 24 heavy (non-hydrogen) atoms. The molecule has 1 aliphatic rings. The van der Waals surface area contributed by atoms with Gasteiger partial charge in [0.05, 0.1) is 18.1 Å². The molecule has 4 rings (SSSR count). The Morgan fingerprint density at radius 3 is 2.96 bits per heavy atom. The maximum Gasteiger partial charge on any atom is 0.265 e. The van der Waals surface area contributed by atoms with Gasteiger partial charge < -0.3 is 10.1 Å². The van der Waals surface area contributed by atoms with Gasteiger partial charge in [0.1, 0.15) is 5.75 Å². The van der Waals surface area contributed by atoms with Crippen molar-refractivity contribution in [1.29, 1.82) is 0 Å². The fourth-order valence-electron chi connectivity index (χ4n) is 2.94. The molecule has 0 saturated carbocycles. The molecule has 1 aromatic carbocycles. The highest BCUT2D eigenvalue weighted by Crippen LogP contribution is 2.29. The molecule has 0 bridgehead atoms. The molecule has 2 aromatic heterocycles. The molecule has 122 valence electrons. The average Bonchev–Trinajstić information content (AvgIpc) is 3.18. The quantitative estimate of drug-likeness (QED) is 0.805.